The number of carbonyl (C=O) groups is 1. The molecule has 29 heavy (non-hydrogen) atoms. The van der Waals surface area contributed by atoms with Crippen LogP contribution in [0.5, 0.6) is 5.75 Å². The van der Waals surface area contributed by atoms with Gasteiger partial charge in [-0.1, -0.05) is 30.3 Å². The minimum Gasteiger partial charge on any atom is -0.482 e. The first kappa shape index (κ1) is 21.2. The predicted molar refractivity (Wildman–Crippen MR) is 105 cm³/mol. The minimum absolute atomic E-state index is 0.0368. The van der Waals surface area contributed by atoms with Gasteiger partial charge in [0.25, 0.3) is 0 Å². The maximum atomic E-state index is 13.6. The number of hydrogen-bond donors (Lipinski definition) is 1. The Hall–Kier alpha value is -2.49. The number of sulfonamides is 1. The Bertz CT molecular complexity index is 945. The molecule has 0 saturated carbocycles. The Balaban J connectivity index is 1.60. The van der Waals surface area contributed by atoms with Crippen LogP contribution >= 0.6 is 0 Å². The third-order valence-corrected chi connectivity index (χ3v) is 6.53. The molecule has 1 N–H and O–H groups in total. The molecule has 0 aromatic heterocycles. The molecule has 0 atom stereocenters. The van der Waals surface area contributed by atoms with Crippen LogP contribution in [0.1, 0.15) is 11.1 Å². The molecule has 0 bridgehead atoms. The van der Waals surface area contributed by atoms with Gasteiger partial charge in [-0.15, -0.1) is 0 Å². The highest BCUT2D eigenvalue weighted by Crippen LogP contribution is 2.23. The van der Waals surface area contributed by atoms with Crippen LogP contribution < -0.4 is 4.74 Å². The first-order chi connectivity index (χ1) is 13.8. The fourth-order valence-corrected chi connectivity index (χ4v) is 4.75. The average molecular weight is 422 g/mol. The Morgan fingerprint density at radius 3 is 2.41 bits per heavy atom. The normalized spacial score (nSPS) is 15.9. The van der Waals surface area contributed by atoms with Gasteiger partial charge in [-0.25, -0.2) is 17.6 Å². The number of rotatable bonds is 8. The lowest BCUT2D eigenvalue weighted by Gasteiger charge is -2.34. The summed E-state index contributed by atoms with van der Waals surface area (Å²) in [6.07, 6.45) is 0. The van der Waals surface area contributed by atoms with Gasteiger partial charge in [0, 0.05) is 38.3 Å². The SMILES string of the molecule is O=C(O)COc1ccc(F)cc1CN1CCN(S(=O)(=O)Cc2ccccc2)CC1. The first-order valence-corrected chi connectivity index (χ1v) is 10.8. The van der Waals surface area contributed by atoms with E-state index < -0.39 is 28.4 Å². The van der Waals surface area contributed by atoms with E-state index in [1.165, 1.54) is 22.5 Å². The third-order valence-electron chi connectivity index (χ3n) is 4.68. The van der Waals surface area contributed by atoms with E-state index in [1.54, 1.807) is 12.1 Å². The summed E-state index contributed by atoms with van der Waals surface area (Å²) in [4.78, 5) is 12.7. The molecule has 1 heterocycles. The lowest BCUT2D eigenvalue weighted by molar-refractivity contribution is -0.139. The molecule has 1 fully saturated rings. The van der Waals surface area contributed by atoms with Gasteiger partial charge in [0.2, 0.25) is 10.0 Å². The van der Waals surface area contributed by atoms with Crippen molar-refractivity contribution in [2.75, 3.05) is 32.8 Å². The van der Waals surface area contributed by atoms with Gasteiger partial charge >= 0.3 is 5.97 Å². The standard InChI is InChI=1S/C20H23FN2O5S/c21-18-6-7-19(28-14-20(24)25)17(12-18)13-22-8-10-23(11-9-22)29(26,27)15-16-4-2-1-3-5-16/h1-7,12H,8-11,13-15H2,(H,24,25). The van der Waals surface area contributed by atoms with Crippen LogP contribution in [0.4, 0.5) is 4.39 Å². The van der Waals surface area contributed by atoms with Crippen LogP contribution in [0, 0.1) is 5.82 Å². The third kappa shape index (κ3) is 5.99. The molecule has 3 rings (SSSR count). The van der Waals surface area contributed by atoms with Crippen LogP contribution in [0.3, 0.4) is 0 Å². The van der Waals surface area contributed by atoms with Gasteiger partial charge in [0.15, 0.2) is 6.61 Å². The zero-order chi connectivity index (χ0) is 20.9. The van der Waals surface area contributed by atoms with E-state index in [2.05, 4.69) is 0 Å². The molecule has 156 valence electrons. The number of benzene rings is 2. The smallest absolute Gasteiger partial charge is 0.341 e. The van der Waals surface area contributed by atoms with Crippen LogP contribution in [0.15, 0.2) is 48.5 Å². The molecule has 0 unspecified atom stereocenters. The maximum absolute atomic E-state index is 13.6. The van der Waals surface area contributed by atoms with Crippen molar-refractivity contribution in [3.05, 3.63) is 65.5 Å². The minimum atomic E-state index is -3.41. The summed E-state index contributed by atoms with van der Waals surface area (Å²) in [6.45, 7) is 1.50. The monoisotopic (exact) mass is 422 g/mol. The molecule has 2 aromatic carbocycles. The number of piperazine rings is 1. The number of carboxylic acid groups (broad SMARTS) is 1. The summed E-state index contributed by atoms with van der Waals surface area (Å²) in [5.41, 5.74) is 1.28. The largest absolute Gasteiger partial charge is 0.482 e. The van der Waals surface area contributed by atoms with Crippen molar-refractivity contribution in [2.45, 2.75) is 12.3 Å². The van der Waals surface area contributed by atoms with Crippen molar-refractivity contribution in [2.24, 2.45) is 0 Å². The fraction of sp³-hybridized carbons (Fsp3) is 0.350. The van der Waals surface area contributed by atoms with E-state index >= 15 is 0 Å². The highest BCUT2D eigenvalue weighted by atomic mass is 32.2. The van der Waals surface area contributed by atoms with Gasteiger partial charge in [-0.3, -0.25) is 4.90 Å². The number of halogens is 1. The van der Waals surface area contributed by atoms with Crippen molar-refractivity contribution < 1.29 is 27.4 Å². The average Bonchev–Trinajstić information content (AvgIpc) is 2.68. The van der Waals surface area contributed by atoms with Crippen LogP contribution in [-0.2, 0) is 27.1 Å². The van der Waals surface area contributed by atoms with E-state index in [-0.39, 0.29) is 5.75 Å². The zero-order valence-corrected chi connectivity index (χ0v) is 16.6. The number of aliphatic carboxylic acids is 1. The molecular weight excluding hydrogens is 399 g/mol. The molecule has 0 amide bonds. The van der Waals surface area contributed by atoms with Crippen molar-refractivity contribution in [3.63, 3.8) is 0 Å². The molecule has 2 aromatic rings. The summed E-state index contributed by atoms with van der Waals surface area (Å²) in [5.74, 6) is -1.28. The number of hydrogen-bond acceptors (Lipinski definition) is 5. The van der Waals surface area contributed by atoms with Crippen LogP contribution in [-0.4, -0.2) is 61.5 Å². The van der Waals surface area contributed by atoms with Gasteiger partial charge in [0.1, 0.15) is 11.6 Å². The molecule has 1 aliphatic rings. The Morgan fingerprint density at radius 2 is 1.76 bits per heavy atom. The fourth-order valence-electron chi connectivity index (χ4n) is 3.23. The summed E-state index contributed by atoms with van der Waals surface area (Å²) in [7, 11) is -3.41. The van der Waals surface area contributed by atoms with Crippen LogP contribution in [0.25, 0.3) is 0 Å². The van der Waals surface area contributed by atoms with Crippen molar-refractivity contribution in [1.29, 1.82) is 0 Å². The van der Waals surface area contributed by atoms with Gasteiger partial charge < -0.3 is 9.84 Å². The van der Waals surface area contributed by atoms with Crippen molar-refractivity contribution >= 4 is 16.0 Å². The Kier molecular flexibility index (Phi) is 6.83. The first-order valence-electron chi connectivity index (χ1n) is 9.20. The molecule has 9 heteroatoms. The summed E-state index contributed by atoms with van der Waals surface area (Å²) in [5, 5.41) is 8.78. The van der Waals surface area contributed by atoms with Gasteiger partial charge in [-0.05, 0) is 23.8 Å². The highest BCUT2D eigenvalue weighted by molar-refractivity contribution is 7.88. The van der Waals surface area contributed by atoms with Crippen molar-refractivity contribution in [3.8, 4) is 5.75 Å². The molecule has 0 spiro atoms. The van der Waals surface area contributed by atoms with Gasteiger partial charge in [0.05, 0.1) is 5.75 Å². The lowest BCUT2D eigenvalue weighted by atomic mass is 10.1. The second kappa shape index (κ2) is 9.34. The van der Waals surface area contributed by atoms with E-state index in [9.17, 15) is 17.6 Å². The van der Waals surface area contributed by atoms with E-state index in [4.69, 9.17) is 9.84 Å². The van der Waals surface area contributed by atoms with Crippen LogP contribution in [0.2, 0.25) is 0 Å². The van der Waals surface area contributed by atoms with Crippen molar-refractivity contribution in [1.82, 2.24) is 9.21 Å². The molecule has 0 radical (unpaired) electrons. The summed E-state index contributed by atoms with van der Waals surface area (Å²) < 4.78 is 45.7. The maximum Gasteiger partial charge on any atom is 0.341 e. The Labute approximate surface area is 169 Å². The molecule has 1 aliphatic heterocycles. The summed E-state index contributed by atoms with van der Waals surface area (Å²) >= 11 is 0. The molecular formula is C20H23FN2O5S. The molecule has 7 nitrogen and oxygen atoms in total. The summed E-state index contributed by atoms with van der Waals surface area (Å²) in [6, 6.07) is 13.0. The van der Waals surface area contributed by atoms with E-state index in [0.29, 0.717) is 44.0 Å². The second-order valence-corrected chi connectivity index (χ2v) is 8.82. The van der Waals surface area contributed by atoms with E-state index in [0.717, 1.165) is 5.56 Å². The number of carboxylic acids is 1. The molecule has 1 saturated heterocycles. The second-order valence-electron chi connectivity index (χ2n) is 6.85. The predicted octanol–water partition coefficient (Wildman–Crippen LogP) is 1.94. The number of nitrogens with zero attached hydrogens (tertiary/aromatic N) is 2. The van der Waals surface area contributed by atoms with E-state index in [1.807, 2.05) is 23.1 Å². The lowest BCUT2D eigenvalue weighted by Crippen LogP contribution is -2.48. The quantitative estimate of drug-likeness (QED) is 0.700. The Morgan fingerprint density at radius 1 is 1.07 bits per heavy atom. The van der Waals surface area contributed by atoms with Gasteiger partial charge in [-0.2, -0.15) is 4.31 Å². The highest BCUT2D eigenvalue weighted by Gasteiger charge is 2.27. The topological polar surface area (TPSA) is 87.2 Å². The number of ether oxygens (including phenoxy) is 1. The zero-order valence-electron chi connectivity index (χ0n) is 15.8. The molecule has 0 aliphatic carbocycles.